The molecule has 1 aromatic rings. The van der Waals surface area contributed by atoms with Crippen molar-refractivity contribution in [2.45, 2.75) is 25.0 Å². The van der Waals surface area contributed by atoms with Crippen LogP contribution < -0.4 is 5.32 Å². The van der Waals surface area contributed by atoms with Crippen molar-refractivity contribution in [3.63, 3.8) is 0 Å². The van der Waals surface area contributed by atoms with E-state index in [0.717, 1.165) is 0 Å². The summed E-state index contributed by atoms with van der Waals surface area (Å²) in [5, 5.41) is 13.3. The Morgan fingerprint density at radius 3 is 3.15 bits per heavy atom. The molecule has 0 unspecified atom stereocenters. The van der Waals surface area contributed by atoms with Gasteiger partial charge in [0.05, 0.1) is 36.4 Å². The van der Waals surface area contributed by atoms with Crippen molar-refractivity contribution in [2.75, 3.05) is 19.8 Å². The first-order valence-electron chi connectivity index (χ1n) is 6.22. The van der Waals surface area contributed by atoms with Crippen LogP contribution in [0, 0.1) is 0 Å². The van der Waals surface area contributed by atoms with Crippen LogP contribution in [-0.2, 0) is 25.5 Å². The number of rotatable bonds is 6. The van der Waals surface area contributed by atoms with Crippen LogP contribution in [-0.4, -0.2) is 53.9 Å². The number of aliphatic carboxylic acids is 1. The number of nitrogens with zero attached hydrogens (tertiary/aromatic N) is 1. The molecule has 2 heterocycles. The summed E-state index contributed by atoms with van der Waals surface area (Å²) in [5.41, 5.74) is 2.39. The molecule has 0 spiro atoms. The molecule has 1 fully saturated rings. The Labute approximate surface area is 119 Å². The number of amides is 1. The van der Waals surface area contributed by atoms with Gasteiger partial charge in [0, 0.05) is 12.0 Å². The van der Waals surface area contributed by atoms with E-state index in [4.69, 9.17) is 14.6 Å². The van der Waals surface area contributed by atoms with Crippen molar-refractivity contribution in [1.29, 1.82) is 0 Å². The second kappa shape index (κ2) is 7.32. The number of carbonyl (C=O) groups is 2. The summed E-state index contributed by atoms with van der Waals surface area (Å²) in [6.45, 7) is 0.457. The van der Waals surface area contributed by atoms with Gasteiger partial charge in [-0.05, 0) is 6.42 Å². The minimum absolute atomic E-state index is 0.171. The van der Waals surface area contributed by atoms with Crippen LogP contribution in [0.3, 0.4) is 0 Å². The highest BCUT2D eigenvalue weighted by Gasteiger charge is 2.28. The third-order valence-electron chi connectivity index (χ3n) is 2.89. The van der Waals surface area contributed by atoms with E-state index in [1.165, 1.54) is 11.3 Å². The number of aromatic nitrogens is 1. The normalized spacial score (nSPS) is 22.4. The molecule has 1 saturated heterocycles. The molecule has 2 N–H and O–H groups in total. The van der Waals surface area contributed by atoms with Gasteiger partial charge < -0.3 is 19.9 Å². The topological polar surface area (TPSA) is 97.8 Å². The zero-order chi connectivity index (χ0) is 14.4. The van der Waals surface area contributed by atoms with Gasteiger partial charge in [0.1, 0.15) is 6.61 Å². The van der Waals surface area contributed by atoms with Crippen molar-refractivity contribution < 1.29 is 24.2 Å². The molecule has 1 aromatic heterocycles. The van der Waals surface area contributed by atoms with Crippen LogP contribution in [0.2, 0.25) is 0 Å². The average molecular weight is 300 g/mol. The summed E-state index contributed by atoms with van der Waals surface area (Å²) >= 11 is 1.43. The third-order valence-corrected chi connectivity index (χ3v) is 3.52. The Balaban J connectivity index is 1.84. The van der Waals surface area contributed by atoms with Gasteiger partial charge in [-0.1, -0.05) is 0 Å². The SMILES string of the molecule is O=C(O)CO[C@@H]1CCOC[C@@H]1NC(=O)Cc1cscn1. The lowest BCUT2D eigenvalue weighted by molar-refractivity contribution is -0.148. The smallest absolute Gasteiger partial charge is 0.329 e. The van der Waals surface area contributed by atoms with E-state index < -0.39 is 5.97 Å². The predicted octanol–water partition coefficient (Wildman–Crippen LogP) is 0.0605. The molecule has 1 aliphatic heterocycles. The molecule has 7 nitrogen and oxygen atoms in total. The van der Waals surface area contributed by atoms with E-state index in [-0.39, 0.29) is 31.1 Å². The number of ether oxygens (including phenoxy) is 2. The zero-order valence-corrected chi connectivity index (χ0v) is 11.6. The summed E-state index contributed by atoms with van der Waals surface area (Å²) in [6.07, 6.45) is 0.430. The molecule has 0 radical (unpaired) electrons. The number of hydrogen-bond acceptors (Lipinski definition) is 6. The number of nitrogens with one attached hydrogen (secondary N) is 1. The Bertz CT molecular complexity index is 451. The molecule has 0 saturated carbocycles. The van der Waals surface area contributed by atoms with Crippen LogP contribution >= 0.6 is 11.3 Å². The summed E-state index contributed by atoms with van der Waals surface area (Å²) in [6, 6.07) is -0.325. The molecule has 1 aliphatic rings. The molecular formula is C12H16N2O5S. The van der Waals surface area contributed by atoms with Crippen LogP contribution in [0.4, 0.5) is 0 Å². The number of carboxylic acids is 1. The molecule has 0 aliphatic carbocycles. The third kappa shape index (κ3) is 4.55. The lowest BCUT2D eigenvalue weighted by atomic mass is 10.1. The minimum Gasteiger partial charge on any atom is -0.480 e. The Hall–Kier alpha value is -1.51. The fraction of sp³-hybridized carbons (Fsp3) is 0.583. The van der Waals surface area contributed by atoms with Crippen LogP contribution in [0.25, 0.3) is 0 Å². The molecule has 1 amide bonds. The van der Waals surface area contributed by atoms with Gasteiger partial charge in [0.2, 0.25) is 5.91 Å². The van der Waals surface area contributed by atoms with Crippen LogP contribution in [0.15, 0.2) is 10.9 Å². The second-order valence-electron chi connectivity index (χ2n) is 4.44. The summed E-state index contributed by atoms with van der Waals surface area (Å²) in [4.78, 5) is 26.5. The molecule has 20 heavy (non-hydrogen) atoms. The highest BCUT2D eigenvalue weighted by Crippen LogP contribution is 2.12. The van der Waals surface area contributed by atoms with Gasteiger partial charge >= 0.3 is 5.97 Å². The Kier molecular flexibility index (Phi) is 5.45. The molecule has 2 atom stereocenters. The first-order valence-corrected chi connectivity index (χ1v) is 7.17. The maximum Gasteiger partial charge on any atom is 0.329 e. The van der Waals surface area contributed by atoms with Gasteiger partial charge in [0.25, 0.3) is 0 Å². The maximum absolute atomic E-state index is 11.9. The maximum atomic E-state index is 11.9. The van der Waals surface area contributed by atoms with Gasteiger partial charge in [-0.15, -0.1) is 11.3 Å². The zero-order valence-electron chi connectivity index (χ0n) is 10.8. The lowest BCUT2D eigenvalue weighted by Gasteiger charge is -2.31. The molecule has 0 aromatic carbocycles. The quantitative estimate of drug-likeness (QED) is 0.771. The highest BCUT2D eigenvalue weighted by molar-refractivity contribution is 7.07. The summed E-state index contributed by atoms with van der Waals surface area (Å²) in [7, 11) is 0. The Morgan fingerprint density at radius 1 is 1.60 bits per heavy atom. The number of hydrogen-bond donors (Lipinski definition) is 2. The molecule has 0 bridgehead atoms. The molecular weight excluding hydrogens is 284 g/mol. The number of thiazole rings is 1. The monoisotopic (exact) mass is 300 g/mol. The Morgan fingerprint density at radius 2 is 2.45 bits per heavy atom. The van der Waals surface area contributed by atoms with Crippen molar-refractivity contribution in [1.82, 2.24) is 10.3 Å². The largest absolute Gasteiger partial charge is 0.480 e. The van der Waals surface area contributed by atoms with Crippen molar-refractivity contribution >= 4 is 23.2 Å². The van der Waals surface area contributed by atoms with Gasteiger partial charge in [-0.2, -0.15) is 0 Å². The van der Waals surface area contributed by atoms with E-state index in [0.29, 0.717) is 25.3 Å². The predicted molar refractivity (Wildman–Crippen MR) is 70.6 cm³/mol. The molecule has 110 valence electrons. The van der Waals surface area contributed by atoms with E-state index in [1.807, 2.05) is 5.38 Å². The fourth-order valence-corrected chi connectivity index (χ4v) is 2.54. The first kappa shape index (κ1) is 14.9. The first-order chi connectivity index (χ1) is 9.65. The van der Waals surface area contributed by atoms with Crippen molar-refractivity contribution in [2.24, 2.45) is 0 Å². The number of carbonyl (C=O) groups excluding carboxylic acids is 1. The van der Waals surface area contributed by atoms with Gasteiger partial charge in [0.15, 0.2) is 0 Å². The fourth-order valence-electron chi connectivity index (χ4n) is 1.98. The average Bonchev–Trinajstić information content (AvgIpc) is 2.90. The van der Waals surface area contributed by atoms with Gasteiger partial charge in [-0.25, -0.2) is 9.78 Å². The van der Waals surface area contributed by atoms with Crippen LogP contribution in [0.1, 0.15) is 12.1 Å². The van der Waals surface area contributed by atoms with E-state index in [1.54, 1.807) is 5.51 Å². The lowest BCUT2D eigenvalue weighted by Crippen LogP contribution is -2.51. The summed E-state index contributed by atoms with van der Waals surface area (Å²) < 4.78 is 10.6. The molecule has 2 rings (SSSR count). The van der Waals surface area contributed by atoms with E-state index in [2.05, 4.69) is 10.3 Å². The van der Waals surface area contributed by atoms with Crippen LogP contribution in [0.5, 0.6) is 0 Å². The second-order valence-corrected chi connectivity index (χ2v) is 5.16. The summed E-state index contributed by atoms with van der Waals surface area (Å²) in [5.74, 6) is -1.20. The van der Waals surface area contributed by atoms with Gasteiger partial charge in [-0.3, -0.25) is 4.79 Å². The molecule has 8 heteroatoms. The van der Waals surface area contributed by atoms with E-state index >= 15 is 0 Å². The van der Waals surface area contributed by atoms with Crippen molar-refractivity contribution in [3.05, 3.63) is 16.6 Å². The number of carboxylic acid groups (broad SMARTS) is 1. The van der Waals surface area contributed by atoms with Crippen molar-refractivity contribution in [3.8, 4) is 0 Å². The standard InChI is InChI=1S/C12H16N2O5S/c15-11(3-8-6-20-7-13-8)14-9-4-18-2-1-10(9)19-5-12(16)17/h6-7,9-10H,1-5H2,(H,14,15)(H,16,17)/t9-,10+/m0/s1. The van der Waals surface area contributed by atoms with E-state index in [9.17, 15) is 9.59 Å². The highest BCUT2D eigenvalue weighted by atomic mass is 32.1. The minimum atomic E-state index is -1.02.